The number of carbonyl (C=O) groups excluding carboxylic acids is 2. The SMILES string of the molecule is Cc1csc(C(C#N)C(=O)c2ccc3c(c2)S(=O)(=O)c2ccccc2C3=O)n1. The first-order chi connectivity index (χ1) is 13.3. The Hall–Kier alpha value is -3.15. The minimum Gasteiger partial charge on any atom is -0.292 e. The van der Waals surface area contributed by atoms with Crippen molar-refractivity contribution < 1.29 is 18.0 Å². The third-order valence-corrected chi connectivity index (χ3v) is 7.38. The molecule has 0 N–H and O–H groups in total. The number of rotatable bonds is 3. The van der Waals surface area contributed by atoms with E-state index < -0.39 is 27.3 Å². The molecule has 138 valence electrons. The van der Waals surface area contributed by atoms with Gasteiger partial charge in [0.2, 0.25) is 9.84 Å². The van der Waals surface area contributed by atoms with Crippen LogP contribution in [0.2, 0.25) is 0 Å². The summed E-state index contributed by atoms with van der Waals surface area (Å²) in [6.07, 6.45) is 0. The summed E-state index contributed by atoms with van der Waals surface area (Å²) < 4.78 is 26.0. The smallest absolute Gasteiger partial charge is 0.208 e. The lowest BCUT2D eigenvalue weighted by atomic mass is 9.96. The maximum Gasteiger partial charge on any atom is 0.208 e. The average Bonchev–Trinajstić information content (AvgIpc) is 3.12. The van der Waals surface area contributed by atoms with E-state index in [1.54, 1.807) is 24.4 Å². The molecule has 0 bridgehead atoms. The van der Waals surface area contributed by atoms with E-state index in [-0.39, 0.29) is 26.5 Å². The van der Waals surface area contributed by atoms with Crippen molar-refractivity contribution >= 4 is 32.7 Å². The van der Waals surface area contributed by atoms with Gasteiger partial charge in [-0.1, -0.05) is 18.2 Å². The zero-order valence-corrected chi connectivity index (χ0v) is 16.2. The molecule has 1 aliphatic heterocycles. The van der Waals surface area contributed by atoms with Gasteiger partial charge < -0.3 is 0 Å². The van der Waals surface area contributed by atoms with Crippen LogP contribution in [0.5, 0.6) is 0 Å². The summed E-state index contributed by atoms with van der Waals surface area (Å²) in [5, 5.41) is 11.5. The summed E-state index contributed by atoms with van der Waals surface area (Å²) in [5.41, 5.74) is 0.883. The molecule has 1 unspecified atom stereocenters. The number of ketones is 2. The highest BCUT2D eigenvalue weighted by molar-refractivity contribution is 7.91. The standard InChI is InChI=1S/C20H12N2O4S2/c1-11-10-27-20(22-11)15(9-21)18(23)12-6-7-14-17(8-12)28(25,26)16-5-3-2-4-13(16)19(14)24/h2-8,10,15H,1H3. The normalized spacial score (nSPS) is 15.2. The third kappa shape index (κ3) is 2.68. The molecule has 0 saturated heterocycles. The molecule has 0 amide bonds. The van der Waals surface area contributed by atoms with E-state index in [1.165, 1.54) is 41.7 Å². The fourth-order valence-corrected chi connectivity index (χ4v) is 5.65. The van der Waals surface area contributed by atoms with Gasteiger partial charge in [-0.15, -0.1) is 11.3 Å². The number of hydrogen-bond acceptors (Lipinski definition) is 7. The summed E-state index contributed by atoms with van der Waals surface area (Å²) in [4.78, 5) is 29.5. The molecular weight excluding hydrogens is 396 g/mol. The van der Waals surface area contributed by atoms with Crippen LogP contribution in [0.3, 0.4) is 0 Å². The van der Waals surface area contributed by atoms with Gasteiger partial charge in [0, 0.05) is 27.8 Å². The number of sulfone groups is 1. The second-order valence-corrected chi connectivity index (χ2v) is 9.07. The Morgan fingerprint density at radius 1 is 1.14 bits per heavy atom. The Morgan fingerprint density at radius 2 is 1.86 bits per heavy atom. The van der Waals surface area contributed by atoms with E-state index >= 15 is 0 Å². The summed E-state index contributed by atoms with van der Waals surface area (Å²) in [7, 11) is -3.95. The molecule has 1 aromatic heterocycles. The number of nitrogens with zero attached hydrogens (tertiary/aromatic N) is 2. The number of benzene rings is 2. The Kier molecular flexibility index (Phi) is 4.22. The van der Waals surface area contributed by atoms with Crippen LogP contribution in [0.15, 0.2) is 57.6 Å². The zero-order valence-electron chi connectivity index (χ0n) is 14.5. The largest absolute Gasteiger partial charge is 0.292 e. The first-order valence-electron chi connectivity index (χ1n) is 8.23. The van der Waals surface area contributed by atoms with Crippen LogP contribution in [0.25, 0.3) is 0 Å². The second-order valence-electron chi connectivity index (χ2n) is 6.29. The van der Waals surface area contributed by atoms with Gasteiger partial charge in [-0.05, 0) is 31.2 Å². The van der Waals surface area contributed by atoms with Crippen molar-refractivity contribution in [2.45, 2.75) is 22.6 Å². The number of aromatic nitrogens is 1. The number of fused-ring (bicyclic) bond motifs is 2. The lowest BCUT2D eigenvalue weighted by molar-refractivity contribution is 0.0975. The van der Waals surface area contributed by atoms with E-state index in [1.807, 2.05) is 6.07 Å². The molecule has 1 aliphatic rings. The molecule has 0 saturated carbocycles. The first kappa shape index (κ1) is 18.2. The number of carbonyl (C=O) groups is 2. The predicted molar refractivity (Wildman–Crippen MR) is 101 cm³/mol. The number of hydrogen-bond donors (Lipinski definition) is 0. The molecule has 3 aromatic rings. The number of nitriles is 1. The summed E-state index contributed by atoms with van der Waals surface area (Å²) in [5.74, 6) is -2.10. The number of thiazole rings is 1. The molecule has 0 spiro atoms. The van der Waals surface area contributed by atoms with Crippen LogP contribution in [0.4, 0.5) is 0 Å². The molecule has 0 radical (unpaired) electrons. The highest BCUT2D eigenvalue weighted by Gasteiger charge is 2.35. The Balaban J connectivity index is 1.83. The minimum atomic E-state index is -3.95. The highest BCUT2D eigenvalue weighted by atomic mass is 32.2. The van der Waals surface area contributed by atoms with Crippen LogP contribution in [-0.4, -0.2) is 25.0 Å². The van der Waals surface area contributed by atoms with Gasteiger partial charge in [0.15, 0.2) is 17.5 Å². The predicted octanol–water partition coefficient (Wildman–Crippen LogP) is 3.32. The van der Waals surface area contributed by atoms with E-state index in [4.69, 9.17) is 0 Å². The molecule has 28 heavy (non-hydrogen) atoms. The molecule has 6 nitrogen and oxygen atoms in total. The molecule has 8 heteroatoms. The Labute approximate surface area is 165 Å². The molecule has 2 heterocycles. The van der Waals surface area contributed by atoms with Gasteiger partial charge in [-0.3, -0.25) is 9.59 Å². The second kappa shape index (κ2) is 6.48. The van der Waals surface area contributed by atoms with Crippen molar-refractivity contribution in [3.05, 3.63) is 75.2 Å². The molecule has 1 atom stereocenters. The van der Waals surface area contributed by atoms with E-state index in [0.717, 1.165) is 0 Å². The van der Waals surface area contributed by atoms with Crippen LogP contribution < -0.4 is 0 Å². The Morgan fingerprint density at radius 3 is 2.54 bits per heavy atom. The van der Waals surface area contributed by atoms with E-state index in [9.17, 15) is 23.3 Å². The number of aryl methyl sites for hydroxylation is 1. The summed E-state index contributed by atoms with van der Waals surface area (Å²) >= 11 is 1.20. The van der Waals surface area contributed by atoms with Crippen LogP contribution in [0.1, 0.15) is 42.9 Å². The molecular formula is C20H12N2O4S2. The van der Waals surface area contributed by atoms with Gasteiger partial charge in [0.25, 0.3) is 0 Å². The summed E-state index contributed by atoms with van der Waals surface area (Å²) in [6, 6.07) is 11.8. The highest BCUT2D eigenvalue weighted by Crippen LogP contribution is 2.35. The molecule has 4 rings (SSSR count). The Bertz CT molecular complexity index is 1300. The lowest BCUT2D eigenvalue weighted by Crippen LogP contribution is -2.21. The van der Waals surface area contributed by atoms with Crippen molar-refractivity contribution in [2.24, 2.45) is 0 Å². The van der Waals surface area contributed by atoms with Crippen molar-refractivity contribution in [1.29, 1.82) is 5.26 Å². The van der Waals surface area contributed by atoms with Gasteiger partial charge in [0.1, 0.15) is 5.01 Å². The van der Waals surface area contributed by atoms with Gasteiger partial charge in [-0.25, -0.2) is 13.4 Å². The van der Waals surface area contributed by atoms with Crippen molar-refractivity contribution in [3.63, 3.8) is 0 Å². The van der Waals surface area contributed by atoms with E-state index in [0.29, 0.717) is 10.7 Å². The van der Waals surface area contributed by atoms with E-state index in [2.05, 4.69) is 4.98 Å². The van der Waals surface area contributed by atoms with Crippen molar-refractivity contribution in [3.8, 4) is 6.07 Å². The molecule has 2 aromatic carbocycles. The average molecular weight is 408 g/mol. The maximum atomic E-state index is 13.0. The molecule has 0 aliphatic carbocycles. The van der Waals surface area contributed by atoms with Gasteiger partial charge >= 0.3 is 0 Å². The number of Topliss-reactive ketones (excluding diaryl/α,β-unsaturated/α-hetero) is 1. The molecule has 0 fully saturated rings. The lowest BCUT2D eigenvalue weighted by Gasteiger charge is -2.19. The van der Waals surface area contributed by atoms with Crippen molar-refractivity contribution in [2.75, 3.05) is 0 Å². The maximum absolute atomic E-state index is 13.0. The van der Waals surface area contributed by atoms with Crippen LogP contribution in [-0.2, 0) is 9.84 Å². The quantitative estimate of drug-likeness (QED) is 0.482. The van der Waals surface area contributed by atoms with Crippen molar-refractivity contribution in [1.82, 2.24) is 4.98 Å². The third-order valence-electron chi connectivity index (χ3n) is 4.50. The van der Waals surface area contributed by atoms with Crippen LogP contribution >= 0.6 is 11.3 Å². The van der Waals surface area contributed by atoms with Gasteiger partial charge in [-0.2, -0.15) is 5.26 Å². The van der Waals surface area contributed by atoms with Gasteiger partial charge in [0.05, 0.1) is 15.9 Å². The monoisotopic (exact) mass is 408 g/mol. The van der Waals surface area contributed by atoms with Crippen LogP contribution in [0, 0.1) is 18.3 Å². The first-order valence-corrected chi connectivity index (χ1v) is 10.6. The minimum absolute atomic E-state index is 0.0221. The summed E-state index contributed by atoms with van der Waals surface area (Å²) in [6.45, 7) is 1.76. The zero-order chi connectivity index (χ0) is 20.1. The fraction of sp³-hybridized carbons (Fsp3) is 0.100. The fourth-order valence-electron chi connectivity index (χ4n) is 3.14. The topological polar surface area (TPSA) is 105 Å².